The molecule has 0 heterocycles. The zero-order chi connectivity index (χ0) is 16.5. The van der Waals surface area contributed by atoms with E-state index in [1.54, 1.807) is 11.8 Å². The zero-order valence-corrected chi connectivity index (χ0v) is 14.3. The van der Waals surface area contributed by atoms with Gasteiger partial charge in [-0.2, -0.15) is 0 Å². The molecule has 0 spiro atoms. The molecule has 0 aliphatic carbocycles. The van der Waals surface area contributed by atoms with Crippen LogP contribution in [0.25, 0.3) is 6.08 Å². The lowest BCUT2D eigenvalue weighted by atomic mass is 10.1. The summed E-state index contributed by atoms with van der Waals surface area (Å²) >= 11 is 1.75. The van der Waals surface area contributed by atoms with Crippen molar-refractivity contribution < 1.29 is 0 Å². The first kappa shape index (κ1) is 18.1. The van der Waals surface area contributed by atoms with Crippen molar-refractivity contribution in [2.75, 3.05) is 0 Å². The van der Waals surface area contributed by atoms with Crippen LogP contribution < -0.4 is 5.73 Å². The van der Waals surface area contributed by atoms with E-state index in [0.29, 0.717) is 5.70 Å². The fourth-order valence-corrected chi connectivity index (χ4v) is 3.03. The maximum atomic E-state index is 7.53. The number of nitrogens with one attached hydrogen (secondary N) is 1. The predicted octanol–water partition coefficient (Wildman–Crippen LogP) is 5.19. The summed E-state index contributed by atoms with van der Waals surface area (Å²) in [4.78, 5) is 1.19. The molecule has 3 N–H and O–H groups in total. The quantitative estimate of drug-likeness (QED) is 0.413. The van der Waals surface area contributed by atoms with Crippen molar-refractivity contribution in [2.45, 2.75) is 30.9 Å². The molecule has 3 heteroatoms. The number of hydrogen-bond acceptors (Lipinski definition) is 3. The second-order valence-electron chi connectivity index (χ2n) is 4.89. The van der Waals surface area contributed by atoms with Crippen molar-refractivity contribution in [1.82, 2.24) is 0 Å². The summed E-state index contributed by atoms with van der Waals surface area (Å²) in [5.41, 5.74) is 9.84. The molecule has 0 amide bonds. The van der Waals surface area contributed by atoms with E-state index in [0.717, 1.165) is 16.7 Å². The van der Waals surface area contributed by atoms with Gasteiger partial charge >= 0.3 is 0 Å². The van der Waals surface area contributed by atoms with E-state index in [2.05, 4.69) is 25.6 Å². The first-order valence-corrected chi connectivity index (χ1v) is 8.11. The molecule has 116 valence electrons. The summed E-state index contributed by atoms with van der Waals surface area (Å²) in [5.74, 6) is 0. The van der Waals surface area contributed by atoms with E-state index in [4.69, 9.17) is 11.1 Å². The third-order valence-electron chi connectivity index (χ3n) is 3.41. The zero-order valence-electron chi connectivity index (χ0n) is 13.5. The van der Waals surface area contributed by atoms with E-state index >= 15 is 0 Å². The summed E-state index contributed by atoms with van der Waals surface area (Å²) in [6, 6.07) is 8.18. The summed E-state index contributed by atoms with van der Waals surface area (Å²) < 4.78 is 0. The largest absolute Gasteiger partial charge is 0.398 e. The van der Waals surface area contributed by atoms with Crippen LogP contribution in [0.3, 0.4) is 0 Å². The van der Waals surface area contributed by atoms with Crippen molar-refractivity contribution in [2.24, 2.45) is 5.73 Å². The maximum absolute atomic E-state index is 7.53. The van der Waals surface area contributed by atoms with Gasteiger partial charge in [0.2, 0.25) is 0 Å². The third-order valence-corrected chi connectivity index (χ3v) is 4.74. The van der Waals surface area contributed by atoms with Gasteiger partial charge in [-0.25, -0.2) is 0 Å². The molecular formula is C19H24N2S. The Morgan fingerprint density at radius 1 is 1.36 bits per heavy atom. The van der Waals surface area contributed by atoms with Gasteiger partial charge in [-0.05, 0) is 38.0 Å². The Balaban J connectivity index is 3.04. The molecule has 0 bridgehead atoms. The van der Waals surface area contributed by atoms with E-state index in [1.807, 2.05) is 50.3 Å². The summed E-state index contributed by atoms with van der Waals surface area (Å²) in [6.07, 6.45) is 8.84. The van der Waals surface area contributed by atoms with E-state index in [1.165, 1.54) is 11.1 Å². The van der Waals surface area contributed by atoms with Crippen molar-refractivity contribution in [3.8, 4) is 0 Å². The Morgan fingerprint density at radius 3 is 2.64 bits per heavy atom. The summed E-state index contributed by atoms with van der Waals surface area (Å²) in [5, 5.41) is 7.74. The van der Waals surface area contributed by atoms with Crippen LogP contribution >= 0.6 is 11.8 Å². The number of thioether (sulfide) groups is 1. The molecule has 0 fully saturated rings. The van der Waals surface area contributed by atoms with Gasteiger partial charge in [0, 0.05) is 27.6 Å². The first-order valence-electron chi connectivity index (χ1n) is 7.23. The van der Waals surface area contributed by atoms with Gasteiger partial charge < -0.3 is 11.1 Å². The first-order chi connectivity index (χ1) is 10.5. The van der Waals surface area contributed by atoms with Crippen LogP contribution in [0.5, 0.6) is 0 Å². The van der Waals surface area contributed by atoms with E-state index < -0.39 is 0 Å². The van der Waals surface area contributed by atoms with Gasteiger partial charge in [-0.15, -0.1) is 11.8 Å². The van der Waals surface area contributed by atoms with E-state index in [9.17, 15) is 0 Å². The molecular weight excluding hydrogens is 288 g/mol. The molecule has 1 unspecified atom stereocenters. The fourth-order valence-electron chi connectivity index (χ4n) is 1.90. The van der Waals surface area contributed by atoms with Gasteiger partial charge in [0.15, 0.2) is 0 Å². The Hall–Kier alpha value is -2.00. The van der Waals surface area contributed by atoms with Crippen molar-refractivity contribution in [3.05, 3.63) is 71.5 Å². The number of nitrogens with two attached hydrogens (primary N) is 1. The van der Waals surface area contributed by atoms with Crippen LogP contribution in [-0.4, -0.2) is 11.5 Å². The molecule has 1 rings (SSSR count). The van der Waals surface area contributed by atoms with Crippen LogP contribution in [0.15, 0.2) is 70.8 Å². The second kappa shape index (κ2) is 9.11. The smallest absolute Gasteiger partial charge is 0.0403 e. The molecule has 0 radical (unpaired) electrons. The fraction of sp³-hybridized carbons (Fsp3) is 0.211. The van der Waals surface area contributed by atoms with Crippen LogP contribution in [0, 0.1) is 5.41 Å². The van der Waals surface area contributed by atoms with Gasteiger partial charge in [0.25, 0.3) is 0 Å². The molecule has 1 aromatic carbocycles. The minimum Gasteiger partial charge on any atom is -0.398 e. The molecule has 2 nitrogen and oxygen atoms in total. The van der Waals surface area contributed by atoms with Crippen LogP contribution in [0.2, 0.25) is 0 Å². The Kier molecular flexibility index (Phi) is 7.47. The van der Waals surface area contributed by atoms with Crippen molar-refractivity contribution in [1.29, 1.82) is 5.41 Å². The highest BCUT2D eigenvalue weighted by molar-refractivity contribution is 8.00. The Bertz CT molecular complexity index is 624. The standard InChI is InChI=1S/C19H24N2S/c1-5-7-10-17(13-20)19(21)14(3)15(4)22-18-12-9-8-11-16(18)6-2/h5-13,15,20H,2,21H2,1,3-4H3/b7-5-,17-10-,19-14-,20-13?. The Labute approximate surface area is 138 Å². The topological polar surface area (TPSA) is 49.9 Å². The molecule has 1 atom stereocenters. The minimum absolute atomic E-state index is 0.218. The number of benzene rings is 1. The lowest BCUT2D eigenvalue weighted by molar-refractivity contribution is 1.07. The van der Waals surface area contributed by atoms with Crippen LogP contribution in [0.4, 0.5) is 0 Å². The molecule has 0 aromatic heterocycles. The van der Waals surface area contributed by atoms with Crippen LogP contribution in [-0.2, 0) is 0 Å². The predicted molar refractivity (Wildman–Crippen MR) is 100 cm³/mol. The minimum atomic E-state index is 0.218. The highest BCUT2D eigenvalue weighted by Crippen LogP contribution is 2.32. The molecule has 0 aliphatic heterocycles. The second-order valence-corrected chi connectivity index (χ2v) is 6.27. The normalized spacial score (nSPS) is 14.6. The Morgan fingerprint density at radius 2 is 2.05 bits per heavy atom. The molecule has 0 saturated carbocycles. The summed E-state index contributed by atoms with van der Waals surface area (Å²) in [7, 11) is 0. The van der Waals surface area contributed by atoms with Gasteiger partial charge in [-0.3, -0.25) is 0 Å². The highest BCUT2D eigenvalue weighted by Gasteiger charge is 2.13. The van der Waals surface area contributed by atoms with Gasteiger partial charge in [0.05, 0.1) is 0 Å². The lowest BCUT2D eigenvalue weighted by Gasteiger charge is -2.17. The maximum Gasteiger partial charge on any atom is 0.0403 e. The monoisotopic (exact) mass is 312 g/mol. The molecule has 0 aliphatic rings. The molecule has 22 heavy (non-hydrogen) atoms. The van der Waals surface area contributed by atoms with Gasteiger partial charge in [-0.1, -0.05) is 49.1 Å². The number of allylic oxidation sites excluding steroid dienone is 4. The number of hydrogen-bond donors (Lipinski definition) is 2. The van der Waals surface area contributed by atoms with Crippen molar-refractivity contribution >= 4 is 24.1 Å². The van der Waals surface area contributed by atoms with Crippen LogP contribution in [0.1, 0.15) is 26.3 Å². The summed E-state index contributed by atoms with van der Waals surface area (Å²) in [6.45, 7) is 9.95. The average Bonchev–Trinajstić information content (AvgIpc) is 2.55. The van der Waals surface area contributed by atoms with Crippen molar-refractivity contribution in [3.63, 3.8) is 0 Å². The molecule has 0 saturated heterocycles. The van der Waals surface area contributed by atoms with Gasteiger partial charge in [0.1, 0.15) is 0 Å². The highest BCUT2D eigenvalue weighted by atomic mass is 32.2. The average molecular weight is 312 g/mol. The lowest BCUT2D eigenvalue weighted by Crippen LogP contribution is -2.11. The SMILES string of the molecule is C=Cc1ccccc1SC(C)/C(C)=C(N)/C(C=N)=C\C=C/C. The number of rotatable bonds is 7. The third kappa shape index (κ3) is 4.78. The van der Waals surface area contributed by atoms with E-state index in [-0.39, 0.29) is 5.25 Å². The molecule has 1 aromatic rings.